The molecule has 1 aliphatic carbocycles. The van der Waals surface area contributed by atoms with E-state index < -0.39 is 22.6 Å². The van der Waals surface area contributed by atoms with Crippen LogP contribution in [0.5, 0.6) is 5.75 Å². The van der Waals surface area contributed by atoms with Crippen molar-refractivity contribution in [1.29, 1.82) is 0 Å². The number of amides is 1. The Morgan fingerprint density at radius 2 is 1.93 bits per heavy atom. The van der Waals surface area contributed by atoms with Crippen LogP contribution in [0.15, 0.2) is 41.6 Å². The molecule has 9 heteroatoms. The first-order chi connectivity index (χ1) is 13.8. The lowest BCUT2D eigenvalue weighted by Crippen LogP contribution is -2.26. The number of carbonyl (C=O) groups excluding carboxylic acids is 1. The molecule has 1 amide bonds. The largest absolute Gasteiger partial charge is 0.494 e. The average molecular weight is 426 g/mol. The molecule has 1 saturated carbocycles. The fraction of sp³-hybridized carbons (Fsp3) is 0.400. The standard InChI is InChI=1S/C13H19N3O2S.C7H6F2O/c1-9-2-4-10(5-3-9)13(17)16-11-6-7-15-12(8-11)19(14)18;1-10-6-4-2-3-5(8)7(6)9/h6-10H,2-5,14H2,1H3,(H,15,16,17);2-4H,1H3. The molecule has 1 aliphatic rings. The molecule has 29 heavy (non-hydrogen) atoms. The summed E-state index contributed by atoms with van der Waals surface area (Å²) < 4.78 is 40.5. The van der Waals surface area contributed by atoms with Crippen LogP contribution in [0.25, 0.3) is 0 Å². The molecule has 0 spiro atoms. The molecule has 158 valence electrons. The van der Waals surface area contributed by atoms with Crippen LogP contribution in [-0.4, -0.2) is 22.2 Å². The topological polar surface area (TPSA) is 94.3 Å². The highest BCUT2D eigenvalue weighted by atomic mass is 32.2. The van der Waals surface area contributed by atoms with E-state index in [0.717, 1.165) is 37.7 Å². The van der Waals surface area contributed by atoms with Gasteiger partial charge in [0.15, 0.2) is 11.6 Å². The summed E-state index contributed by atoms with van der Waals surface area (Å²) in [6.45, 7) is 2.22. The number of pyridine rings is 1. The summed E-state index contributed by atoms with van der Waals surface area (Å²) in [6, 6.07) is 7.02. The molecule has 1 heterocycles. The van der Waals surface area contributed by atoms with E-state index >= 15 is 0 Å². The van der Waals surface area contributed by atoms with Crippen LogP contribution in [0.4, 0.5) is 14.5 Å². The van der Waals surface area contributed by atoms with E-state index in [2.05, 4.69) is 22.0 Å². The van der Waals surface area contributed by atoms with E-state index in [4.69, 9.17) is 5.14 Å². The Labute approximate surface area is 171 Å². The first-order valence-electron chi connectivity index (χ1n) is 9.23. The smallest absolute Gasteiger partial charge is 0.227 e. The fourth-order valence-electron chi connectivity index (χ4n) is 3.01. The van der Waals surface area contributed by atoms with E-state index in [1.165, 1.54) is 25.4 Å². The number of benzene rings is 1. The third-order valence-electron chi connectivity index (χ3n) is 4.73. The van der Waals surface area contributed by atoms with Crippen LogP contribution < -0.4 is 15.2 Å². The monoisotopic (exact) mass is 425 g/mol. The molecule has 0 radical (unpaired) electrons. The predicted octanol–water partition coefficient (Wildman–Crippen LogP) is 3.80. The molecule has 1 aromatic carbocycles. The SMILES string of the molecule is CC1CCC(C(=O)Nc2ccnc(S(N)=O)c2)CC1.COc1cccc(F)c1F. The molecule has 1 unspecified atom stereocenters. The molecule has 0 bridgehead atoms. The van der Waals surface area contributed by atoms with Crippen LogP contribution >= 0.6 is 0 Å². The molecule has 0 saturated heterocycles. The first kappa shape index (κ1) is 22.9. The Hall–Kier alpha value is -2.39. The summed E-state index contributed by atoms with van der Waals surface area (Å²) in [5, 5.41) is 8.39. The van der Waals surface area contributed by atoms with Crippen molar-refractivity contribution < 1.29 is 22.5 Å². The van der Waals surface area contributed by atoms with Crippen LogP contribution in [0.1, 0.15) is 32.6 Å². The van der Waals surface area contributed by atoms with Gasteiger partial charge in [0.25, 0.3) is 0 Å². The number of methoxy groups -OCH3 is 1. The lowest BCUT2D eigenvalue weighted by atomic mass is 9.82. The molecule has 2 aromatic rings. The molecular weight excluding hydrogens is 400 g/mol. The molecule has 3 rings (SSSR count). The fourth-order valence-corrected chi connectivity index (χ4v) is 3.41. The van der Waals surface area contributed by atoms with Crippen molar-refractivity contribution in [3.05, 3.63) is 48.2 Å². The highest BCUT2D eigenvalue weighted by Gasteiger charge is 2.24. The Morgan fingerprint density at radius 3 is 2.52 bits per heavy atom. The van der Waals surface area contributed by atoms with E-state index in [-0.39, 0.29) is 22.6 Å². The summed E-state index contributed by atoms with van der Waals surface area (Å²) >= 11 is 0. The minimum Gasteiger partial charge on any atom is -0.494 e. The predicted molar refractivity (Wildman–Crippen MR) is 107 cm³/mol. The number of halogens is 2. The lowest BCUT2D eigenvalue weighted by Gasteiger charge is -2.25. The highest BCUT2D eigenvalue weighted by molar-refractivity contribution is 7.82. The van der Waals surface area contributed by atoms with Crippen molar-refractivity contribution in [3.63, 3.8) is 0 Å². The summed E-state index contributed by atoms with van der Waals surface area (Å²) in [7, 11) is -0.336. The second-order valence-corrected chi connectivity index (χ2v) is 7.90. The Morgan fingerprint density at radius 1 is 1.24 bits per heavy atom. The van der Waals surface area contributed by atoms with Gasteiger partial charge in [-0.25, -0.2) is 18.7 Å². The molecule has 6 nitrogen and oxygen atoms in total. The van der Waals surface area contributed by atoms with Gasteiger partial charge in [-0.1, -0.05) is 13.0 Å². The number of aromatic nitrogens is 1. The van der Waals surface area contributed by atoms with Gasteiger partial charge in [0.05, 0.1) is 7.11 Å². The molecule has 0 aliphatic heterocycles. The second kappa shape index (κ2) is 11.0. The molecule has 1 fully saturated rings. The van der Waals surface area contributed by atoms with E-state index in [1.807, 2.05) is 0 Å². The van der Waals surface area contributed by atoms with Gasteiger partial charge in [-0.3, -0.25) is 4.79 Å². The van der Waals surface area contributed by atoms with Crippen molar-refractivity contribution >= 4 is 22.6 Å². The minimum absolute atomic E-state index is 0.0341. The zero-order valence-corrected chi connectivity index (χ0v) is 17.2. The second-order valence-electron chi connectivity index (χ2n) is 6.88. The molecule has 3 N–H and O–H groups in total. The van der Waals surface area contributed by atoms with Crippen molar-refractivity contribution in [1.82, 2.24) is 4.98 Å². The number of nitrogens with two attached hydrogens (primary N) is 1. The van der Waals surface area contributed by atoms with E-state index in [1.54, 1.807) is 12.1 Å². The third kappa shape index (κ3) is 6.86. The van der Waals surface area contributed by atoms with Gasteiger partial charge in [-0.05, 0) is 55.9 Å². The van der Waals surface area contributed by atoms with Crippen LogP contribution in [0.2, 0.25) is 0 Å². The van der Waals surface area contributed by atoms with Crippen LogP contribution in [0.3, 0.4) is 0 Å². The van der Waals surface area contributed by atoms with E-state index in [0.29, 0.717) is 5.69 Å². The number of hydrogen-bond donors (Lipinski definition) is 2. The number of ether oxygens (including phenoxy) is 1. The van der Waals surface area contributed by atoms with Gasteiger partial charge in [0, 0.05) is 17.8 Å². The summed E-state index contributed by atoms with van der Waals surface area (Å²) in [4.78, 5) is 16.0. The number of nitrogens with one attached hydrogen (secondary N) is 1. The van der Waals surface area contributed by atoms with Gasteiger partial charge in [-0.15, -0.1) is 0 Å². The maximum Gasteiger partial charge on any atom is 0.227 e. The van der Waals surface area contributed by atoms with E-state index in [9.17, 15) is 17.8 Å². The number of nitrogens with zero attached hydrogens (tertiary/aromatic N) is 1. The number of anilines is 1. The third-order valence-corrected chi connectivity index (χ3v) is 5.37. The van der Waals surface area contributed by atoms with Gasteiger partial charge in [0.2, 0.25) is 11.7 Å². The van der Waals surface area contributed by atoms with Gasteiger partial charge in [-0.2, -0.15) is 4.39 Å². The number of carbonyl (C=O) groups is 1. The number of rotatable bonds is 4. The Balaban J connectivity index is 0.000000253. The van der Waals surface area contributed by atoms with Crippen LogP contribution in [-0.2, 0) is 15.8 Å². The van der Waals surface area contributed by atoms with Crippen molar-refractivity contribution in [3.8, 4) is 5.75 Å². The summed E-state index contributed by atoms with van der Waals surface area (Å²) in [5.74, 6) is -1.07. The first-order valence-corrected chi connectivity index (χ1v) is 10.4. The maximum absolute atomic E-state index is 12.5. The van der Waals surface area contributed by atoms with Crippen molar-refractivity contribution in [2.75, 3.05) is 12.4 Å². The average Bonchev–Trinajstić information content (AvgIpc) is 2.71. The zero-order valence-electron chi connectivity index (χ0n) is 16.4. The normalized spacial score (nSPS) is 19.5. The molecule has 1 aromatic heterocycles. The minimum atomic E-state index is -1.63. The zero-order chi connectivity index (χ0) is 21.4. The highest BCUT2D eigenvalue weighted by Crippen LogP contribution is 2.29. The van der Waals surface area contributed by atoms with Crippen molar-refractivity contribution in [2.45, 2.75) is 37.6 Å². The van der Waals surface area contributed by atoms with Crippen molar-refractivity contribution in [2.24, 2.45) is 17.0 Å². The quantitative estimate of drug-likeness (QED) is 0.779. The summed E-state index contributed by atoms with van der Waals surface area (Å²) in [5.41, 5.74) is 0.604. The number of hydrogen-bond acceptors (Lipinski definition) is 4. The maximum atomic E-state index is 12.5. The van der Waals surface area contributed by atoms with Gasteiger partial charge >= 0.3 is 0 Å². The molecular formula is C20H25F2N3O3S. The van der Waals surface area contributed by atoms with Crippen LogP contribution in [0, 0.1) is 23.5 Å². The van der Waals surface area contributed by atoms with Gasteiger partial charge in [0.1, 0.15) is 16.0 Å². The van der Waals surface area contributed by atoms with Gasteiger partial charge < -0.3 is 10.1 Å². The molecule has 1 atom stereocenters. The Kier molecular flexibility index (Phi) is 8.66. The Bertz CT molecular complexity index is 859. The lowest BCUT2D eigenvalue weighted by molar-refractivity contribution is -0.121. The summed E-state index contributed by atoms with van der Waals surface area (Å²) in [6.07, 6.45) is 5.58.